The fourth-order valence-corrected chi connectivity index (χ4v) is 6.63. The summed E-state index contributed by atoms with van der Waals surface area (Å²) in [7, 11) is 8.19. The summed E-state index contributed by atoms with van der Waals surface area (Å²) >= 11 is 1.74. The third-order valence-corrected chi connectivity index (χ3v) is 8.69. The van der Waals surface area contributed by atoms with Gasteiger partial charge in [0.25, 0.3) is 0 Å². The number of aryl methyl sites for hydroxylation is 3. The van der Waals surface area contributed by atoms with Gasteiger partial charge in [0.05, 0.1) is 11.4 Å². The number of carbonyl (C=O) groups is 1. The van der Waals surface area contributed by atoms with Crippen molar-refractivity contribution in [2.24, 2.45) is 0 Å². The molecule has 5 aromatic rings. The Balaban J connectivity index is 1.40. The van der Waals surface area contributed by atoms with Gasteiger partial charge < -0.3 is 14.4 Å². The number of benzene rings is 4. The zero-order chi connectivity index (χ0) is 27.4. The predicted octanol–water partition coefficient (Wildman–Crippen LogP) is 7.76. The van der Waals surface area contributed by atoms with Gasteiger partial charge in [0.15, 0.2) is 0 Å². The maximum Gasteiger partial charge on any atom is 0.233 e. The predicted molar refractivity (Wildman–Crippen MR) is 166 cm³/mol. The molecule has 0 saturated heterocycles. The van der Waals surface area contributed by atoms with Crippen molar-refractivity contribution in [1.82, 2.24) is 4.57 Å². The number of hydrogen-bond acceptors (Lipinski definition) is 4. The van der Waals surface area contributed by atoms with Crippen LogP contribution in [0.5, 0.6) is 0 Å². The van der Waals surface area contributed by atoms with Gasteiger partial charge in [-0.2, -0.15) is 0 Å². The molecule has 1 amide bonds. The normalized spacial score (nSPS) is 12.5. The van der Waals surface area contributed by atoms with Crippen LogP contribution < -0.4 is 14.7 Å². The van der Waals surface area contributed by atoms with Crippen molar-refractivity contribution in [3.63, 3.8) is 0 Å². The Morgan fingerprint density at radius 3 is 1.64 bits per heavy atom. The van der Waals surface area contributed by atoms with Crippen molar-refractivity contribution in [3.05, 3.63) is 83.9 Å². The lowest BCUT2D eigenvalue weighted by Crippen LogP contribution is -2.29. The van der Waals surface area contributed by atoms with E-state index in [-0.39, 0.29) is 5.91 Å². The van der Waals surface area contributed by atoms with Gasteiger partial charge in [-0.1, -0.05) is 35.0 Å². The van der Waals surface area contributed by atoms with Crippen molar-refractivity contribution in [3.8, 4) is 0 Å². The molecule has 1 aliphatic rings. The van der Waals surface area contributed by atoms with Crippen molar-refractivity contribution in [2.45, 2.75) is 36.6 Å². The first kappa shape index (κ1) is 25.4. The summed E-state index contributed by atoms with van der Waals surface area (Å²) in [4.78, 5) is 22.5. The molecular weight excluding hydrogens is 500 g/mol. The summed E-state index contributed by atoms with van der Waals surface area (Å²) in [6.45, 7) is 4.88. The molecule has 0 bridgehead atoms. The molecule has 198 valence electrons. The third-order valence-electron chi connectivity index (χ3n) is 7.60. The molecule has 4 aromatic carbocycles. The van der Waals surface area contributed by atoms with E-state index in [1.807, 2.05) is 33.1 Å². The van der Waals surface area contributed by atoms with E-state index in [0.717, 1.165) is 32.5 Å². The van der Waals surface area contributed by atoms with Gasteiger partial charge in [0.1, 0.15) is 0 Å². The lowest BCUT2D eigenvalue weighted by atomic mass is 10.1. The topological polar surface area (TPSA) is 31.7 Å². The summed E-state index contributed by atoms with van der Waals surface area (Å²) in [5, 5.41) is 2.50. The van der Waals surface area contributed by atoms with Crippen LogP contribution >= 0.6 is 11.8 Å². The molecule has 0 fully saturated rings. The highest BCUT2D eigenvalue weighted by atomic mass is 32.2. The average Bonchev–Trinajstić information content (AvgIpc) is 3.21. The van der Waals surface area contributed by atoms with E-state index in [0.29, 0.717) is 13.0 Å². The average molecular weight is 535 g/mol. The quantitative estimate of drug-likeness (QED) is 0.231. The maximum absolute atomic E-state index is 14.1. The molecule has 39 heavy (non-hydrogen) atoms. The summed E-state index contributed by atoms with van der Waals surface area (Å²) in [5.74, 6) is 0.0993. The molecule has 0 atom stereocenters. The minimum absolute atomic E-state index is 0.0993. The van der Waals surface area contributed by atoms with E-state index in [4.69, 9.17) is 0 Å². The van der Waals surface area contributed by atoms with E-state index >= 15 is 0 Å². The molecule has 0 unspecified atom stereocenters. The first-order valence-electron chi connectivity index (χ1n) is 13.3. The highest BCUT2D eigenvalue weighted by Gasteiger charge is 2.29. The van der Waals surface area contributed by atoms with Crippen molar-refractivity contribution >= 4 is 62.2 Å². The van der Waals surface area contributed by atoms with Crippen LogP contribution in [0.2, 0.25) is 0 Å². The molecule has 0 radical (unpaired) electrons. The Labute approximate surface area is 234 Å². The Hall–Kier alpha value is -3.90. The van der Waals surface area contributed by atoms with Gasteiger partial charge in [-0.05, 0) is 74.5 Å². The largest absolute Gasteiger partial charge is 0.378 e. The van der Waals surface area contributed by atoms with Crippen LogP contribution in [0.4, 0.5) is 22.7 Å². The third kappa shape index (κ3) is 4.43. The lowest BCUT2D eigenvalue weighted by Gasteiger charge is -2.33. The SMILES string of the molecule is Cc1ccc2c(c1)c1cc(C)ccc1n2CCC(=O)N1c2ccc(N(C)C)cc2Sc2cc(N(C)C)ccc21. The van der Waals surface area contributed by atoms with Crippen LogP contribution in [-0.2, 0) is 11.3 Å². The van der Waals surface area contributed by atoms with Crippen molar-refractivity contribution in [2.75, 3.05) is 42.9 Å². The van der Waals surface area contributed by atoms with Crippen LogP contribution in [0.25, 0.3) is 21.8 Å². The first-order chi connectivity index (χ1) is 18.7. The number of hydrogen-bond donors (Lipinski definition) is 0. The molecule has 0 aliphatic carbocycles. The molecule has 0 spiro atoms. The Morgan fingerprint density at radius 2 is 1.18 bits per heavy atom. The minimum Gasteiger partial charge on any atom is -0.378 e. The number of carbonyl (C=O) groups excluding carboxylic acids is 1. The summed E-state index contributed by atoms with van der Waals surface area (Å²) in [6, 6.07) is 25.9. The van der Waals surface area contributed by atoms with E-state index in [1.54, 1.807) is 11.8 Å². The molecule has 1 aliphatic heterocycles. The summed E-state index contributed by atoms with van der Waals surface area (Å²) in [6.07, 6.45) is 0.398. The zero-order valence-electron chi connectivity index (χ0n) is 23.4. The highest BCUT2D eigenvalue weighted by molar-refractivity contribution is 7.99. The van der Waals surface area contributed by atoms with Crippen molar-refractivity contribution in [1.29, 1.82) is 0 Å². The van der Waals surface area contributed by atoms with Gasteiger partial charge in [-0.15, -0.1) is 0 Å². The number of amides is 1. The molecule has 0 saturated carbocycles. The van der Waals surface area contributed by atoms with Gasteiger partial charge in [0.2, 0.25) is 5.91 Å². The zero-order valence-corrected chi connectivity index (χ0v) is 24.3. The van der Waals surface area contributed by atoms with Crippen LogP contribution in [0, 0.1) is 13.8 Å². The van der Waals surface area contributed by atoms with Crippen LogP contribution in [0.3, 0.4) is 0 Å². The molecule has 2 heterocycles. The van der Waals surface area contributed by atoms with E-state index in [2.05, 4.69) is 101 Å². The standard InChI is InChI=1S/C33H34N4OS/c1-21-7-11-27-25(17-21)26-18-22(2)8-12-28(26)36(27)16-15-33(38)37-29-13-9-23(34(3)4)19-31(29)39-32-20-24(35(5)6)10-14-30(32)37/h7-14,17-20H,15-16H2,1-6H3. The summed E-state index contributed by atoms with van der Waals surface area (Å²) < 4.78 is 2.31. The lowest BCUT2D eigenvalue weighted by molar-refractivity contribution is -0.118. The number of fused-ring (bicyclic) bond motifs is 5. The number of rotatable bonds is 5. The van der Waals surface area contributed by atoms with Gasteiger partial charge >= 0.3 is 0 Å². The van der Waals surface area contributed by atoms with Crippen molar-refractivity contribution < 1.29 is 4.79 Å². The fourth-order valence-electron chi connectivity index (χ4n) is 5.50. The summed E-state index contributed by atoms with van der Waals surface area (Å²) in [5.41, 5.74) is 8.99. The van der Waals surface area contributed by atoms with E-state index < -0.39 is 0 Å². The Kier molecular flexibility index (Phi) is 6.31. The van der Waals surface area contributed by atoms with E-state index in [9.17, 15) is 4.79 Å². The van der Waals surface area contributed by atoms with Gasteiger partial charge in [-0.25, -0.2) is 0 Å². The second kappa shape index (κ2) is 9.69. The molecule has 1 aromatic heterocycles. The molecule has 6 rings (SSSR count). The van der Waals surface area contributed by atoms with Crippen LogP contribution in [-0.4, -0.2) is 38.7 Å². The molecule has 0 N–H and O–H groups in total. The Bertz CT molecular complexity index is 1630. The number of anilines is 4. The van der Waals surface area contributed by atoms with Crippen LogP contribution in [0.15, 0.2) is 82.6 Å². The second-order valence-electron chi connectivity index (χ2n) is 10.9. The second-order valence-corrected chi connectivity index (χ2v) is 12.0. The van der Waals surface area contributed by atoms with Gasteiger partial charge in [-0.3, -0.25) is 9.69 Å². The van der Waals surface area contributed by atoms with E-state index in [1.165, 1.54) is 32.9 Å². The highest BCUT2D eigenvalue weighted by Crippen LogP contribution is 2.50. The number of aromatic nitrogens is 1. The molecule has 6 heteroatoms. The van der Waals surface area contributed by atoms with Crippen LogP contribution in [0.1, 0.15) is 17.5 Å². The molecule has 5 nitrogen and oxygen atoms in total. The van der Waals surface area contributed by atoms with Gasteiger partial charge in [0, 0.05) is 84.1 Å². The minimum atomic E-state index is 0.0993. The number of nitrogens with zero attached hydrogens (tertiary/aromatic N) is 4. The fraction of sp³-hybridized carbons (Fsp3) is 0.242. The Morgan fingerprint density at radius 1 is 0.692 bits per heavy atom. The smallest absolute Gasteiger partial charge is 0.233 e. The first-order valence-corrected chi connectivity index (χ1v) is 14.2. The maximum atomic E-state index is 14.1. The molecular formula is C33H34N4OS. The monoisotopic (exact) mass is 534 g/mol.